The lowest BCUT2D eigenvalue weighted by Crippen LogP contribution is -2.01. The second-order valence-corrected chi connectivity index (χ2v) is 5.29. The van der Waals surface area contributed by atoms with Gasteiger partial charge in [-0.2, -0.15) is 0 Å². The first kappa shape index (κ1) is 19.2. The Hall–Kier alpha value is -3.15. The minimum absolute atomic E-state index is 0.324. The summed E-state index contributed by atoms with van der Waals surface area (Å²) in [5.41, 5.74) is 1.63. The van der Waals surface area contributed by atoms with Crippen molar-refractivity contribution in [3.05, 3.63) is 53.6 Å². The molecule has 0 saturated heterocycles. The molecule has 0 spiro atoms. The summed E-state index contributed by atoms with van der Waals surface area (Å²) in [6.07, 6.45) is 2.58. The molecule has 6 heteroatoms. The fraction of sp³-hybridized carbons (Fsp3) is 0.250. The smallest absolute Gasteiger partial charge is 0.328 e. The zero-order valence-corrected chi connectivity index (χ0v) is 15.0. The van der Waals surface area contributed by atoms with Crippen molar-refractivity contribution in [2.75, 3.05) is 20.8 Å². The minimum Gasteiger partial charge on any atom is -0.493 e. The summed E-state index contributed by atoms with van der Waals surface area (Å²) in [5, 5.41) is 8.73. The maximum Gasteiger partial charge on any atom is 0.328 e. The van der Waals surface area contributed by atoms with E-state index in [1.165, 1.54) is 6.08 Å². The Morgan fingerprint density at radius 1 is 0.962 bits per heavy atom. The topological polar surface area (TPSA) is 74.2 Å². The number of carboxylic acids is 1. The fourth-order valence-corrected chi connectivity index (χ4v) is 2.31. The van der Waals surface area contributed by atoms with Crippen LogP contribution in [0.2, 0.25) is 0 Å². The van der Waals surface area contributed by atoms with Gasteiger partial charge in [-0.1, -0.05) is 12.1 Å². The van der Waals surface area contributed by atoms with Crippen LogP contribution in [0, 0.1) is 0 Å². The lowest BCUT2D eigenvalue weighted by molar-refractivity contribution is -0.131. The quantitative estimate of drug-likeness (QED) is 0.688. The molecule has 138 valence electrons. The summed E-state index contributed by atoms with van der Waals surface area (Å²) in [6.45, 7) is 2.67. The highest BCUT2D eigenvalue weighted by molar-refractivity contribution is 5.85. The van der Waals surface area contributed by atoms with Crippen LogP contribution in [-0.4, -0.2) is 31.9 Å². The maximum atomic E-state index is 10.6. The SMILES string of the molecule is CCOc1cc(/C=C/C(=O)O)ccc1OCc1ccc(OC)c(OC)c1. The van der Waals surface area contributed by atoms with Gasteiger partial charge in [0.15, 0.2) is 23.0 Å². The summed E-state index contributed by atoms with van der Waals surface area (Å²) >= 11 is 0. The fourth-order valence-electron chi connectivity index (χ4n) is 2.31. The lowest BCUT2D eigenvalue weighted by Gasteiger charge is -2.14. The van der Waals surface area contributed by atoms with Crippen molar-refractivity contribution in [2.24, 2.45) is 0 Å². The van der Waals surface area contributed by atoms with Crippen LogP contribution in [0.25, 0.3) is 6.08 Å². The van der Waals surface area contributed by atoms with Crippen molar-refractivity contribution >= 4 is 12.0 Å². The molecule has 0 aliphatic rings. The summed E-state index contributed by atoms with van der Waals surface area (Å²) in [5.74, 6) is 1.42. The predicted octanol–water partition coefficient (Wildman–Crippen LogP) is 3.78. The Balaban J connectivity index is 2.16. The largest absolute Gasteiger partial charge is 0.493 e. The standard InChI is InChI=1S/C20H22O6/c1-4-25-19-11-14(7-10-20(21)22)5-9-17(19)26-13-15-6-8-16(23-2)18(12-15)24-3/h5-12H,4,13H2,1-3H3,(H,21,22)/b10-7+. The third kappa shape index (κ3) is 5.17. The van der Waals surface area contributed by atoms with E-state index in [2.05, 4.69) is 0 Å². The van der Waals surface area contributed by atoms with Crippen molar-refractivity contribution in [3.8, 4) is 23.0 Å². The van der Waals surface area contributed by atoms with Gasteiger partial charge in [0, 0.05) is 6.08 Å². The number of carbonyl (C=O) groups is 1. The molecule has 0 radical (unpaired) electrons. The monoisotopic (exact) mass is 358 g/mol. The Morgan fingerprint density at radius 3 is 2.35 bits per heavy atom. The van der Waals surface area contributed by atoms with Crippen LogP contribution in [-0.2, 0) is 11.4 Å². The highest BCUT2D eigenvalue weighted by Crippen LogP contribution is 2.31. The first-order chi connectivity index (χ1) is 12.6. The molecule has 0 fully saturated rings. The van der Waals surface area contributed by atoms with Crippen molar-refractivity contribution in [1.82, 2.24) is 0 Å². The molecule has 2 aromatic carbocycles. The highest BCUT2D eigenvalue weighted by atomic mass is 16.5. The molecule has 1 N–H and O–H groups in total. The number of hydrogen-bond donors (Lipinski definition) is 1. The summed E-state index contributed by atoms with van der Waals surface area (Å²) in [7, 11) is 3.17. The van der Waals surface area contributed by atoms with E-state index in [0.29, 0.717) is 41.8 Å². The Morgan fingerprint density at radius 2 is 1.69 bits per heavy atom. The second-order valence-electron chi connectivity index (χ2n) is 5.29. The minimum atomic E-state index is -1.00. The van der Waals surface area contributed by atoms with Crippen LogP contribution in [0.5, 0.6) is 23.0 Å². The van der Waals surface area contributed by atoms with Gasteiger partial charge in [0.2, 0.25) is 0 Å². The highest BCUT2D eigenvalue weighted by Gasteiger charge is 2.09. The Bertz CT molecular complexity index is 782. The van der Waals surface area contributed by atoms with Crippen LogP contribution in [0.4, 0.5) is 0 Å². The van der Waals surface area contributed by atoms with Crippen molar-refractivity contribution < 1.29 is 28.8 Å². The van der Waals surface area contributed by atoms with Crippen LogP contribution >= 0.6 is 0 Å². The second kappa shape index (κ2) is 9.36. The number of aliphatic carboxylic acids is 1. The van der Waals surface area contributed by atoms with E-state index in [4.69, 9.17) is 24.1 Å². The molecule has 0 atom stereocenters. The molecule has 2 rings (SSSR count). The van der Waals surface area contributed by atoms with Gasteiger partial charge in [-0.05, 0) is 48.4 Å². The molecule has 6 nitrogen and oxygen atoms in total. The third-order valence-electron chi connectivity index (χ3n) is 3.53. The predicted molar refractivity (Wildman–Crippen MR) is 98.2 cm³/mol. The Kier molecular flexibility index (Phi) is 6.91. The van der Waals surface area contributed by atoms with E-state index in [9.17, 15) is 4.79 Å². The maximum absolute atomic E-state index is 10.6. The number of methoxy groups -OCH3 is 2. The van der Waals surface area contributed by atoms with Gasteiger partial charge in [-0.15, -0.1) is 0 Å². The van der Waals surface area contributed by atoms with E-state index in [0.717, 1.165) is 11.6 Å². The van der Waals surface area contributed by atoms with E-state index < -0.39 is 5.97 Å². The van der Waals surface area contributed by atoms with Gasteiger partial charge in [-0.25, -0.2) is 4.79 Å². The summed E-state index contributed by atoms with van der Waals surface area (Å²) in [6, 6.07) is 10.8. The Labute approximate surface area is 152 Å². The number of ether oxygens (including phenoxy) is 4. The van der Waals surface area contributed by atoms with Crippen LogP contribution in [0.3, 0.4) is 0 Å². The lowest BCUT2D eigenvalue weighted by atomic mass is 10.2. The van der Waals surface area contributed by atoms with Crippen LogP contribution < -0.4 is 18.9 Å². The molecule has 26 heavy (non-hydrogen) atoms. The van der Waals surface area contributed by atoms with Gasteiger partial charge in [0.05, 0.1) is 20.8 Å². The summed E-state index contributed by atoms with van der Waals surface area (Å²) < 4.78 is 22.0. The number of hydrogen-bond acceptors (Lipinski definition) is 5. The molecule has 0 bridgehead atoms. The van der Waals surface area contributed by atoms with E-state index >= 15 is 0 Å². The van der Waals surface area contributed by atoms with E-state index in [1.54, 1.807) is 32.4 Å². The molecule has 0 amide bonds. The first-order valence-electron chi connectivity index (χ1n) is 8.09. The van der Waals surface area contributed by atoms with Crippen LogP contribution in [0.15, 0.2) is 42.5 Å². The molecular weight excluding hydrogens is 336 g/mol. The zero-order valence-electron chi connectivity index (χ0n) is 15.0. The van der Waals surface area contributed by atoms with E-state index in [-0.39, 0.29) is 0 Å². The molecule has 0 saturated carbocycles. The van der Waals surface area contributed by atoms with Gasteiger partial charge >= 0.3 is 5.97 Å². The molecule has 0 unspecified atom stereocenters. The average Bonchev–Trinajstić information content (AvgIpc) is 2.65. The van der Waals surface area contributed by atoms with Gasteiger partial charge in [0.1, 0.15) is 6.61 Å². The average molecular weight is 358 g/mol. The molecule has 2 aromatic rings. The normalized spacial score (nSPS) is 10.6. The first-order valence-corrected chi connectivity index (χ1v) is 8.09. The van der Waals surface area contributed by atoms with E-state index in [1.807, 2.05) is 25.1 Å². The number of rotatable bonds is 9. The van der Waals surface area contributed by atoms with Gasteiger partial charge < -0.3 is 24.1 Å². The molecular formula is C20H22O6. The molecule has 0 aliphatic heterocycles. The zero-order chi connectivity index (χ0) is 18.9. The molecule has 0 heterocycles. The third-order valence-corrected chi connectivity index (χ3v) is 3.53. The van der Waals surface area contributed by atoms with Crippen molar-refractivity contribution in [2.45, 2.75) is 13.5 Å². The number of carboxylic acid groups (broad SMARTS) is 1. The van der Waals surface area contributed by atoms with Gasteiger partial charge in [-0.3, -0.25) is 0 Å². The van der Waals surface area contributed by atoms with Crippen LogP contribution in [0.1, 0.15) is 18.1 Å². The molecule has 0 aromatic heterocycles. The van der Waals surface area contributed by atoms with Crippen molar-refractivity contribution in [3.63, 3.8) is 0 Å². The summed E-state index contributed by atoms with van der Waals surface area (Å²) in [4.78, 5) is 10.6. The van der Waals surface area contributed by atoms with Crippen molar-refractivity contribution in [1.29, 1.82) is 0 Å². The molecule has 0 aliphatic carbocycles. The number of benzene rings is 2. The van der Waals surface area contributed by atoms with Gasteiger partial charge in [0.25, 0.3) is 0 Å².